The number of hydrogen-bond acceptors (Lipinski definition) is 2. The third-order valence-electron chi connectivity index (χ3n) is 3.87. The van der Waals surface area contributed by atoms with Crippen molar-refractivity contribution in [3.63, 3.8) is 0 Å². The second-order valence-corrected chi connectivity index (χ2v) is 5.23. The van der Waals surface area contributed by atoms with Gasteiger partial charge in [0.25, 0.3) is 0 Å². The normalized spacial score (nSPS) is 23.2. The Labute approximate surface area is 115 Å². The first-order chi connectivity index (χ1) is 9.11. The zero-order valence-corrected chi connectivity index (χ0v) is 11.7. The van der Waals surface area contributed by atoms with Crippen LogP contribution in [0, 0.1) is 0 Å². The van der Waals surface area contributed by atoms with Gasteiger partial charge < -0.3 is 10.6 Å². The Bertz CT molecular complexity index is 464. The molecule has 1 heterocycles. The topological polar surface area (TPSA) is 46.3 Å². The number of carbonyl (C=O) groups is 1. The fourth-order valence-corrected chi connectivity index (χ4v) is 2.73. The number of carbonyl (C=O) groups excluding carboxylic acids is 1. The van der Waals surface area contributed by atoms with Gasteiger partial charge in [0, 0.05) is 23.8 Å². The van der Waals surface area contributed by atoms with E-state index in [0.29, 0.717) is 12.1 Å². The summed E-state index contributed by atoms with van der Waals surface area (Å²) in [5.74, 6) is 0.119. The molecule has 102 valence electrons. The monoisotopic (exact) mass is 258 g/mol. The quantitative estimate of drug-likeness (QED) is 0.669. The van der Waals surface area contributed by atoms with Gasteiger partial charge in [0.2, 0.25) is 5.91 Å². The molecule has 0 saturated carbocycles. The molecule has 2 rings (SSSR count). The molecule has 1 amide bonds. The summed E-state index contributed by atoms with van der Waals surface area (Å²) in [6.45, 7) is 4.28. The maximum atomic E-state index is 12.3. The van der Waals surface area contributed by atoms with Crippen LogP contribution in [0.3, 0.4) is 0 Å². The molecule has 3 heteroatoms. The highest BCUT2D eigenvalue weighted by Crippen LogP contribution is 2.26. The van der Waals surface area contributed by atoms with Gasteiger partial charge in [-0.2, -0.15) is 0 Å². The summed E-state index contributed by atoms with van der Waals surface area (Å²) in [6.07, 6.45) is 6.81. The third kappa shape index (κ3) is 3.16. The second kappa shape index (κ2) is 5.91. The van der Waals surface area contributed by atoms with Crippen LogP contribution < -0.4 is 5.73 Å². The van der Waals surface area contributed by atoms with Crippen LogP contribution in [0.1, 0.15) is 38.7 Å². The fourth-order valence-electron chi connectivity index (χ4n) is 2.73. The van der Waals surface area contributed by atoms with Crippen LogP contribution >= 0.6 is 0 Å². The van der Waals surface area contributed by atoms with Gasteiger partial charge in [-0.05, 0) is 50.0 Å². The van der Waals surface area contributed by atoms with E-state index >= 15 is 0 Å². The summed E-state index contributed by atoms with van der Waals surface area (Å²) >= 11 is 0. The molecular weight excluding hydrogens is 236 g/mol. The molecule has 0 aromatic heterocycles. The summed E-state index contributed by atoms with van der Waals surface area (Å²) in [6, 6.07) is 8.29. The molecule has 2 N–H and O–H groups in total. The van der Waals surface area contributed by atoms with E-state index < -0.39 is 0 Å². The standard InChI is InChI=1S/C16H22N2O/c1-3-15-10-4-12(2)18(15)16(19)11-7-13-5-8-14(17)9-6-13/h5-9,11-12,15H,3-4,10,17H2,1-2H3/b11-7+. The van der Waals surface area contributed by atoms with Gasteiger partial charge in [-0.15, -0.1) is 0 Å². The predicted octanol–water partition coefficient (Wildman–Crippen LogP) is 3.07. The van der Waals surface area contributed by atoms with Crippen molar-refractivity contribution in [2.75, 3.05) is 5.73 Å². The zero-order chi connectivity index (χ0) is 13.8. The van der Waals surface area contributed by atoms with Gasteiger partial charge in [0.15, 0.2) is 0 Å². The van der Waals surface area contributed by atoms with E-state index in [1.165, 1.54) is 0 Å². The van der Waals surface area contributed by atoms with Crippen molar-refractivity contribution in [2.24, 2.45) is 0 Å². The lowest BCUT2D eigenvalue weighted by molar-refractivity contribution is -0.128. The van der Waals surface area contributed by atoms with E-state index in [9.17, 15) is 4.79 Å². The largest absolute Gasteiger partial charge is 0.399 e. The smallest absolute Gasteiger partial charge is 0.247 e. The van der Waals surface area contributed by atoms with Crippen LogP contribution in [-0.4, -0.2) is 22.9 Å². The van der Waals surface area contributed by atoms with Crippen LogP contribution in [-0.2, 0) is 4.79 Å². The average molecular weight is 258 g/mol. The summed E-state index contributed by atoms with van der Waals surface area (Å²) in [7, 11) is 0. The Kier molecular flexibility index (Phi) is 4.25. The number of nitrogens with zero attached hydrogens (tertiary/aromatic N) is 1. The Morgan fingerprint density at radius 3 is 2.68 bits per heavy atom. The van der Waals surface area contributed by atoms with Crippen LogP contribution in [0.2, 0.25) is 0 Å². The molecule has 0 bridgehead atoms. The molecule has 1 aromatic carbocycles. The van der Waals surface area contributed by atoms with Crippen molar-refractivity contribution in [3.8, 4) is 0 Å². The first-order valence-electron chi connectivity index (χ1n) is 6.97. The molecular formula is C16H22N2O. The third-order valence-corrected chi connectivity index (χ3v) is 3.87. The van der Waals surface area contributed by atoms with E-state index in [1.807, 2.05) is 35.2 Å². The molecule has 19 heavy (non-hydrogen) atoms. The maximum Gasteiger partial charge on any atom is 0.247 e. The summed E-state index contributed by atoms with van der Waals surface area (Å²) in [5, 5.41) is 0. The van der Waals surface area contributed by atoms with Gasteiger partial charge in [-0.1, -0.05) is 19.1 Å². The van der Waals surface area contributed by atoms with Crippen LogP contribution in [0.25, 0.3) is 6.08 Å². The first-order valence-corrected chi connectivity index (χ1v) is 6.97. The van der Waals surface area contributed by atoms with Gasteiger partial charge in [-0.3, -0.25) is 4.79 Å². The van der Waals surface area contributed by atoms with E-state index in [-0.39, 0.29) is 5.91 Å². The van der Waals surface area contributed by atoms with E-state index in [2.05, 4.69) is 13.8 Å². The molecule has 2 atom stereocenters. The number of rotatable bonds is 3. The number of amides is 1. The number of nitrogen functional groups attached to an aromatic ring is 1. The minimum absolute atomic E-state index is 0.119. The minimum Gasteiger partial charge on any atom is -0.399 e. The number of nitrogens with two attached hydrogens (primary N) is 1. The van der Waals surface area contributed by atoms with Crippen molar-refractivity contribution >= 4 is 17.7 Å². The Morgan fingerprint density at radius 1 is 1.37 bits per heavy atom. The molecule has 3 nitrogen and oxygen atoms in total. The Morgan fingerprint density at radius 2 is 2.05 bits per heavy atom. The van der Waals surface area contributed by atoms with Crippen molar-refractivity contribution in [3.05, 3.63) is 35.9 Å². The lowest BCUT2D eigenvalue weighted by Gasteiger charge is -2.26. The molecule has 1 aliphatic heterocycles. The van der Waals surface area contributed by atoms with Gasteiger partial charge in [-0.25, -0.2) is 0 Å². The van der Waals surface area contributed by atoms with Crippen molar-refractivity contribution in [2.45, 2.75) is 45.2 Å². The number of anilines is 1. The maximum absolute atomic E-state index is 12.3. The van der Waals surface area contributed by atoms with Crippen molar-refractivity contribution < 1.29 is 4.79 Å². The lowest BCUT2D eigenvalue weighted by atomic mass is 10.1. The molecule has 1 saturated heterocycles. The Hall–Kier alpha value is -1.77. The predicted molar refractivity (Wildman–Crippen MR) is 79.5 cm³/mol. The van der Waals surface area contributed by atoms with Crippen LogP contribution in [0.5, 0.6) is 0 Å². The average Bonchev–Trinajstić information content (AvgIpc) is 2.79. The van der Waals surface area contributed by atoms with Gasteiger partial charge in [0.05, 0.1) is 0 Å². The fraction of sp³-hybridized carbons (Fsp3) is 0.438. The second-order valence-electron chi connectivity index (χ2n) is 5.23. The van der Waals surface area contributed by atoms with Crippen molar-refractivity contribution in [1.29, 1.82) is 0 Å². The number of benzene rings is 1. The zero-order valence-electron chi connectivity index (χ0n) is 11.7. The van der Waals surface area contributed by atoms with Crippen molar-refractivity contribution in [1.82, 2.24) is 4.90 Å². The van der Waals surface area contributed by atoms with E-state index in [0.717, 1.165) is 30.5 Å². The number of likely N-dealkylation sites (tertiary alicyclic amines) is 1. The van der Waals surface area contributed by atoms with Gasteiger partial charge >= 0.3 is 0 Å². The van der Waals surface area contributed by atoms with E-state index in [1.54, 1.807) is 6.08 Å². The minimum atomic E-state index is 0.119. The molecule has 0 aliphatic carbocycles. The SMILES string of the molecule is CCC1CCC(C)N1C(=O)/C=C/c1ccc(N)cc1. The molecule has 0 radical (unpaired) electrons. The molecule has 2 unspecified atom stereocenters. The molecule has 1 aromatic rings. The van der Waals surface area contributed by atoms with Gasteiger partial charge in [0.1, 0.15) is 0 Å². The summed E-state index contributed by atoms with van der Waals surface area (Å²) < 4.78 is 0. The molecule has 1 fully saturated rings. The highest BCUT2D eigenvalue weighted by Gasteiger charge is 2.31. The van der Waals surface area contributed by atoms with E-state index in [4.69, 9.17) is 5.73 Å². The van der Waals surface area contributed by atoms with Crippen LogP contribution in [0.4, 0.5) is 5.69 Å². The Balaban J connectivity index is 2.05. The highest BCUT2D eigenvalue weighted by molar-refractivity contribution is 5.92. The first kappa shape index (κ1) is 13.7. The summed E-state index contributed by atoms with van der Waals surface area (Å²) in [5.41, 5.74) is 7.38. The number of hydrogen-bond donors (Lipinski definition) is 1. The summed E-state index contributed by atoms with van der Waals surface area (Å²) in [4.78, 5) is 14.3. The van der Waals surface area contributed by atoms with Crippen LogP contribution in [0.15, 0.2) is 30.3 Å². The molecule has 1 aliphatic rings. The highest BCUT2D eigenvalue weighted by atomic mass is 16.2. The molecule has 0 spiro atoms. The lowest BCUT2D eigenvalue weighted by Crippen LogP contribution is -2.38.